The fourth-order valence-electron chi connectivity index (χ4n) is 7.81. The summed E-state index contributed by atoms with van der Waals surface area (Å²) in [6.45, 7) is 12.9. The molecule has 2 saturated carbocycles. The highest BCUT2D eigenvalue weighted by molar-refractivity contribution is 6.34. The van der Waals surface area contributed by atoms with Crippen LogP contribution in [0.1, 0.15) is 110 Å². The molecule has 0 unspecified atom stereocenters. The molecular formula is C54H63Cl2N5O5. The van der Waals surface area contributed by atoms with Crippen molar-refractivity contribution in [3.05, 3.63) is 137 Å². The van der Waals surface area contributed by atoms with Gasteiger partial charge in [0.15, 0.2) is 0 Å². The Kier molecular flexibility index (Phi) is 17.1. The smallest absolute Gasteiger partial charge is 0.310 e. The van der Waals surface area contributed by atoms with E-state index in [9.17, 15) is 9.90 Å². The normalized spacial score (nSPS) is 18.5. The summed E-state index contributed by atoms with van der Waals surface area (Å²) in [4.78, 5) is 30.2. The first-order chi connectivity index (χ1) is 31.3. The van der Waals surface area contributed by atoms with Crippen LogP contribution in [0.4, 0.5) is 5.69 Å². The first-order valence-corrected chi connectivity index (χ1v) is 23.5. The van der Waals surface area contributed by atoms with Crippen LogP contribution in [0.3, 0.4) is 0 Å². The molecule has 2 fully saturated rings. The number of ether oxygens (including phenoxy) is 1. The van der Waals surface area contributed by atoms with Crippen molar-refractivity contribution in [2.24, 2.45) is 0 Å². The summed E-state index contributed by atoms with van der Waals surface area (Å²) >= 11 is 13.0. The number of hydrogen-bond acceptors (Lipinski definition) is 10. The lowest BCUT2D eigenvalue weighted by atomic mass is 9.90. The van der Waals surface area contributed by atoms with Crippen LogP contribution in [0.25, 0.3) is 44.5 Å². The van der Waals surface area contributed by atoms with Gasteiger partial charge < -0.3 is 25.8 Å². The van der Waals surface area contributed by atoms with Crippen molar-refractivity contribution in [2.45, 2.75) is 135 Å². The Morgan fingerprint density at radius 1 is 0.576 bits per heavy atom. The molecule has 4 heterocycles. The highest BCUT2D eigenvalue weighted by Crippen LogP contribution is 2.35. The van der Waals surface area contributed by atoms with Gasteiger partial charge in [-0.3, -0.25) is 24.7 Å². The molecule has 348 valence electrons. The molecule has 2 aliphatic rings. The van der Waals surface area contributed by atoms with Gasteiger partial charge in [0.25, 0.3) is 0 Å². The molecule has 2 aromatic carbocycles. The second kappa shape index (κ2) is 22.5. The van der Waals surface area contributed by atoms with Gasteiger partial charge in [-0.05, 0) is 123 Å². The Balaban J connectivity index is 0.000000194. The van der Waals surface area contributed by atoms with Crippen LogP contribution in [-0.2, 0) is 26.8 Å². The Bertz CT molecular complexity index is 2550. The molecule has 0 amide bonds. The number of pyridine rings is 4. The van der Waals surface area contributed by atoms with Crippen LogP contribution in [0, 0.1) is 0 Å². The van der Waals surface area contributed by atoms with Crippen LogP contribution in [0.2, 0.25) is 10.0 Å². The van der Waals surface area contributed by atoms with Crippen LogP contribution in [-0.4, -0.2) is 65.6 Å². The Hall–Kier alpha value is -5.23. The number of halogens is 2. The summed E-state index contributed by atoms with van der Waals surface area (Å²) < 4.78 is 5.59. The minimum atomic E-state index is -0.270. The van der Waals surface area contributed by atoms with Gasteiger partial charge in [0.05, 0.1) is 29.8 Å². The van der Waals surface area contributed by atoms with E-state index in [0.29, 0.717) is 41.4 Å². The molecule has 0 saturated heterocycles. The Morgan fingerprint density at radius 2 is 1.00 bits per heavy atom. The molecule has 12 heteroatoms. The van der Waals surface area contributed by atoms with Crippen LogP contribution in [0.5, 0.6) is 0 Å². The molecule has 2 aliphatic carbocycles. The maximum absolute atomic E-state index is 12.4. The lowest BCUT2D eigenvalue weighted by Crippen LogP contribution is -2.27. The molecule has 8 rings (SSSR count). The number of carbonyl (C=O) groups excluding carboxylic acids is 1. The second-order valence-electron chi connectivity index (χ2n) is 19.4. The van der Waals surface area contributed by atoms with E-state index in [-0.39, 0.29) is 47.6 Å². The third-order valence-corrected chi connectivity index (χ3v) is 12.4. The van der Waals surface area contributed by atoms with Gasteiger partial charge in [-0.25, -0.2) is 0 Å². The average molecular weight is 933 g/mol. The number of hydrogen-bond donors (Lipinski definition) is 4. The van der Waals surface area contributed by atoms with Crippen molar-refractivity contribution in [2.75, 3.05) is 5.73 Å². The highest BCUT2D eigenvalue weighted by Gasteiger charge is 2.23. The van der Waals surface area contributed by atoms with E-state index in [2.05, 4.69) is 85.7 Å². The number of aromatic nitrogens is 4. The molecule has 0 bridgehead atoms. The molecular weight excluding hydrogens is 870 g/mol. The average Bonchev–Trinajstić information content (AvgIpc) is 3.28. The minimum Gasteiger partial charge on any atom is -0.462 e. The number of benzene rings is 2. The topological polar surface area (TPSA) is 165 Å². The van der Waals surface area contributed by atoms with E-state index in [0.717, 1.165) is 87.1 Å². The Morgan fingerprint density at radius 3 is 1.44 bits per heavy atom. The van der Waals surface area contributed by atoms with E-state index in [4.69, 9.17) is 43.9 Å². The molecule has 66 heavy (non-hydrogen) atoms. The molecule has 10 nitrogen and oxygen atoms in total. The first kappa shape index (κ1) is 50.2. The summed E-state index contributed by atoms with van der Waals surface area (Å²) in [6, 6.07) is 23.5. The number of aliphatic hydroxyl groups excluding tert-OH is 3. The molecule has 4 aromatic heterocycles. The second-order valence-corrected chi connectivity index (χ2v) is 20.2. The van der Waals surface area contributed by atoms with E-state index >= 15 is 0 Å². The zero-order valence-corrected chi connectivity index (χ0v) is 40.4. The van der Waals surface area contributed by atoms with Crippen molar-refractivity contribution < 1.29 is 24.9 Å². The predicted molar refractivity (Wildman–Crippen MR) is 266 cm³/mol. The van der Waals surface area contributed by atoms with Crippen LogP contribution < -0.4 is 5.73 Å². The van der Waals surface area contributed by atoms with Crippen LogP contribution in [0.15, 0.2) is 110 Å². The number of nitrogen functional groups attached to an aromatic ring is 1. The van der Waals surface area contributed by atoms with E-state index in [1.807, 2.05) is 73.4 Å². The van der Waals surface area contributed by atoms with Crippen molar-refractivity contribution in [3.63, 3.8) is 0 Å². The fourth-order valence-corrected chi connectivity index (χ4v) is 8.42. The van der Waals surface area contributed by atoms with E-state index in [1.165, 1.54) is 0 Å². The summed E-state index contributed by atoms with van der Waals surface area (Å²) in [7, 11) is 0. The maximum Gasteiger partial charge on any atom is 0.310 e. The van der Waals surface area contributed by atoms with E-state index < -0.39 is 0 Å². The van der Waals surface area contributed by atoms with Crippen molar-refractivity contribution in [1.82, 2.24) is 19.9 Å². The molecule has 6 aromatic rings. The lowest BCUT2D eigenvalue weighted by molar-refractivity contribution is -0.150. The van der Waals surface area contributed by atoms with Gasteiger partial charge in [0.2, 0.25) is 0 Å². The maximum atomic E-state index is 12.4. The van der Waals surface area contributed by atoms with Crippen molar-refractivity contribution >= 4 is 34.9 Å². The van der Waals surface area contributed by atoms with Gasteiger partial charge in [0.1, 0.15) is 6.10 Å². The number of anilines is 1. The van der Waals surface area contributed by atoms with Gasteiger partial charge in [0, 0.05) is 103 Å². The molecule has 0 radical (unpaired) electrons. The summed E-state index contributed by atoms with van der Waals surface area (Å²) in [5, 5.41) is 28.6. The zero-order chi connectivity index (χ0) is 47.6. The van der Waals surface area contributed by atoms with Crippen molar-refractivity contribution in [3.8, 4) is 44.5 Å². The van der Waals surface area contributed by atoms with Crippen LogP contribution >= 0.6 is 23.2 Å². The van der Waals surface area contributed by atoms with Gasteiger partial charge in [-0.15, -0.1) is 0 Å². The van der Waals surface area contributed by atoms with Crippen molar-refractivity contribution in [1.29, 1.82) is 0 Å². The Labute approximate surface area is 399 Å². The largest absolute Gasteiger partial charge is 0.462 e. The monoisotopic (exact) mass is 931 g/mol. The first-order valence-electron chi connectivity index (χ1n) is 22.7. The number of aliphatic hydroxyl groups is 3. The van der Waals surface area contributed by atoms with E-state index in [1.54, 1.807) is 12.3 Å². The van der Waals surface area contributed by atoms with Gasteiger partial charge in [-0.1, -0.05) is 82.9 Å². The van der Waals surface area contributed by atoms with Gasteiger partial charge in [-0.2, -0.15) is 0 Å². The quantitative estimate of drug-likeness (QED) is 0.0894. The number of esters is 1. The number of carbonyl (C=O) groups is 1. The lowest BCUT2D eigenvalue weighted by Gasteiger charge is -2.25. The fraction of sp³-hybridized carbons (Fsp3) is 0.389. The zero-order valence-electron chi connectivity index (χ0n) is 38.8. The van der Waals surface area contributed by atoms with Gasteiger partial charge >= 0.3 is 5.97 Å². The predicted octanol–water partition coefficient (Wildman–Crippen LogP) is 11.8. The summed E-state index contributed by atoms with van der Waals surface area (Å²) in [5.41, 5.74) is 17.1. The minimum absolute atomic E-state index is 0.00130. The SMILES string of the molecule is CC(C)(C)c1cc(-c2cncc(-c3ccc(CC(=O)OC4CCC(O)CC4)cc3Cl)c2)ccn1.CC(C)(C)c1cc(-c2cncc(-c3ccc(N)cc3Cl)c2)ccn1.OC1CCC(O)CC1. The molecule has 5 N–H and O–H groups in total. The number of nitrogens with zero attached hydrogens (tertiary/aromatic N) is 4. The molecule has 0 spiro atoms. The highest BCUT2D eigenvalue weighted by atomic mass is 35.5. The third kappa shape index (κ3) is 14.4. The number of nitrogens with two attached hydrogens (primary N) is 1. The summed E-state index contributed by atoms with van der Waals surface area (Å²) in [6.07, 6.45) is 16.4. The number of rotatable bonds is 7. The molecule has 0 atom stereocenters. The summed E-state index contributed by atoms with van der Waals surface area (Å²) in [5.74, 6) is -0.263. The standard InChI is InChI=1S/C28H31ClN2O3.C20H20ClN3.C6H12O2/c1-28(2,3)26-15-19(10-11-31-26)20-14-21(17-30-16-20)24-9-4-18(12-25(24)29)13-27(33)34-23-7-5-22(32)6-8-23;1-20(2,3)19-9-13(6-7-24-19)14-8-15(12-23-11-14)17-5-4-16(22)10-18(17)21;7-5-1-2-6(8)4-3-5/h4,9-12,14-17,22-23,32H,5-8,13H2,1-3H3;4-12H,22H2,1-3H3;5-8H,1-4H2. The molecule has 0 aliphatic heterocycles. The third-order valence-electron chi connectivity index (χ3n) is 11.8.